The molecule has 0 bridgehead atoms. The van der Waals surface area contributed by atoms with Gasteiger partial charge < -0.3 is 24.8 Å². The first-order valence-electron chi connectivity index (χ1n) is 13.8. The first-order valence-corrected chi connectivity index (χ1v) is 13.8. The number of halogens is 1. The largest absolute Gasteiger partial charge is 0.486 e. The van der Waals surface area contributed by atoms with Crippen LogP contribution >= 0.6 is 0 Å². The summed E-state index contributed by atoms with van der Waals surface area (Å²) in [6, 6.07) is 4.98. The van der Waals surface area contributed by atoms with Gasteiger partial charge in [-0.3, -0.25) is 9.59 Å². The van der Waals surface area contributed by atoms with E-state index in [0.29, 0.717) is 81.8 Å². The second-order valence-electron chi connectivity index (χ2n) is 11.0. The minimum Gasteiger partial charge on any atom is -0.486 e. The van der Waals surface area contributed by atoms with Crippen LogP contribution < -0.4 is 14.8 Å². The predicted octanol–water partition coefficient (Wildman–Crippen LogP) is 3.59. The molecule has 0 radical (unpaired) electrons. The number of benzene rings is 1. The minimum atomic E-state index is -0.889. The quantitative estimate of drug-likeness (QED) is 0.565. The SMILES string of the molecule is O=C(N[C@H](CN1CCCC1)[C@H](O)c1ccc2c(c1)OCCO2)C1CC[C@@H](C(=O)C2CCC(F)CC2)C1. The third-order valence-electron chi connectivity index (χ3n) is 8.53. The number of ether oxygens (including phenoxy) is 2. The molecule has 7 nitrogen and oxygen atoms in total. The van der Waals surface area contributed by atoms with E-state index in [4.69, 9.17) is 9.47 Å². The number of nitrogens with one attached hydrogen (secondary N) is 1. The fraction of sp³-hybridized carbons (Fsp3) is 0.714. The van der Waals surface area contributed by atoms with Crippen LogP contribution in [0.3, 0.4) is 0 Å². The van der Waals surface area contributed by atoms with Crippen molar-refractivity contribution in [1.82, 2.24) is 10.2 Å². The summed E-state index contributed by atoms with van der Waals surface area (Å²) < 4.78 is 24.8. The van der Waals surface area contributed by atoms with Crippen molar-refractivity contribution in [3.8, 4) is 11.5 Å². The number of rotatable bonds is 8. The standard InChI is InChI=1S/C28H39FN2O5/c29-22-8-5-18(6-9-22)26(32)19-3-4-21(15-19)28(34)30-23(17-31-11-1-2-12-31)27(33)20-7-10-24-25(16-20)36-14-13-35-24/h7,10,16,18-19,21-23,27,33H,1-6,8-9,11-15,17H2,(H,30,34)/t18?,19-,21?,22?,23-,27-/m1/s1. The summed E-state index contributed by atoms with van der Waals surface area (Å²) >= 11 is 0. The first-order chi connectivity index (χ1) is 17.5. The molecule has 2 aliphatic carbocycles. The molecular weight excluding hydrogens is 463 g/mol. The Morgan fingerprint density at radius 1 is 0.972 bits per heavy atom. The third kappa shape index (κ3) is 5.86. The predicted molar refractivity (Wildman–Crippen MR) is 133 cm³/mol. The van der Waals surface area contributed by atoms with Crippen molar-refractivity contribution in [1.29, 1.82) is 0 Å². The van der Waals surface area contributed by atoms with Crippen LogP contribution in [0.5, 0.6) is 11.5 Å². The molecule has 4 atom stereocenters. The van der Waals surface area contributed by atoms with E-state index < -0.39 is 18.3 Å². The number of amides is 1. The van der Waals surface area contributed by atoms with Gasteiger partial charge in [-0.05, 0) is 88.6 Å². The van der Waals surface area contributed by atoms with Crippen LogP contribution in [0.1, 0.15) is 69.5 Å². The highest BCUT2D eigenvalue weighted by atomic mass is 19.1. The van der Waals surface area contributed by atoms with Gasteiger partial charge in [-0.2, -0.15) is 0 Å². The summed E-state index contributed by atoms with van der Waals surface area (Å²) in [5, 5.41) is 14.5. The van der Waals surface area contributed by atoms with E-state index in [1.807, 2.05) is 12.1 Å². The number of aliphatic hydroxyl groups excluding tert-OH is 1. The molecule has 1 amide bonds. The van der Waals surface area contributed by atoms with Crippen LogP contribution in [0, 0.1) is 17.8 Å². The summed E-state index contributed by atoms with van der Waals surface area (Å²) in [6.45, 7) is 3.47. The van der Waals surface area contributed by atoms with E-state index in [9.17, 15) is 19.1 Å². The fourth-order valence-corrected chi connectivity index (χ4v) is 6.39. The monoisotopic (exact) mass is 502 g/mol. The Morgan fingerprint density at radius 2 is 1.64 bits per heavy atom. The average Bonchev–Trinajstić information content (AvgIpc) is 3.60. The summed E-state index contributed by atoms with van der Waals surface area (Å²) in [4.78, 5) is 28.6. The van der Waals surface area contributed by atoms with Gasteiger partial charge >= 0.3 is 0 Å². The Bertz CT molecular complexity index is 929. The lowest BCUT2D eigenvalue weighted by molar-refractivity contribution is -0.128. The Kier molecular flexibility index (Phi) is 8.11. The number of hydrogen-bond acceptors (Lipinski definition) is 6. The molecule has 36 heavy (non-hydrogen) atoms. The summed E-state index contributed by atoms with van der Waals surface area (Å²) in [6.07, 6.45) is 4.74. The lowest BCUT2D eigenvalue weighted by atomic mass is 9.80. The van der Waals surface area contributed by atoms with Gasteiger partial charge in [0.15, 0.2) is 11.5 Å². The van der Waals surface area contributed by atoms with Crippen molar-refractivity contribution in [2.24, 2.45) is 17.8 Å². The lowest BCUT2D eigenvalue weighted by Gasteiger charge is -2.30. The molecular formula is C28H39FN2O5. The molecule has 2 N–H and O–H groups in total. The van der Waals surface area contributed by atoms with Gasteiger partial charge in [0.05, 0.1) is 6.04 Å². The maximum absolute atomic E-state index is 13.5. The Hall–Kier alpha value is -2.19. The highest BCUT2D eigenvalue weighted by Gasteiger charge is 2.39. The van der Waals surface area contributed by atoms with Gasteiger partial charge in [0, 0.05) is 24.3 Å². The van der Waals surface area contributed by atoms with E-state index in [0.717, 1.165) is 25.9 Å². The van der Waals surface area contributed by atoms with E-state index >= 15 is 0 Å². The van der Waals surface area contributed by atoms with Gasteiger partial charge in [0.2, 0.25) is 5.91 Å². The molecule has 5 rings (SSSR count). The number of nitrogens with zero attached hydrogens (tertiary/aromatic N) is 1. The smallest absolute Gasteiger partial charge is 0.223 e. The molecule has 2 saturated carbocycles. The lowest BCUT2D eigenvalue weighted by Crippen LogP contribution is -2.48. The van der Waals surface area contributed by atoms with Gasteiger partial charge in [0.25, 0.3) is 0 Å². The molecule has 3 fully saturated rings. The highest BCUT2D eigenvalue weighted by Crippen LogP contribution is 2.38. The van der Waals surface area contributed by atoms with E-state index in [2.05, 4.69) is 10.2 Å². The highest BCUT2D eigenvalue weighted by molar-refractivity contribution is 5.86. The number of alkyl halides is 1. The van der Waals surface area contributed by atoms with E-state index in [1.54, 1.807) is 6.07 Å². The van der Waals surface area contributed by atoms with Gasteiger partial charge in [-0.1, -0.05) is 6.07 Å². The summed E-state index contributed by atoms with van der Waals surface area (Å²) in [7, 11) is 0. The number of ketones is 1. The van der Waals surface area contributed by atoms with Gasteiger partial charge in [-0.15, -0.1) is 0 Å². The molecule has 0 spiro atoms. The summed E-state index contributed by atoms with van der Waals surface area (Å²) in [5.74, 6) is 1.03. The number of fused-ring (bicyclic) bond motifs is 1. The number of Topliss-reactive ketones (excluding diaryl/α,β-unsaturated/α-hetero) is 1. The molecule has 4 aliphatic rings. The Balaban J connectivity index is 1.23. The summed E-state index contributed by atoms with van der Waals surface area (Å²) in [5.41, 5.74) is 0.687. The normalized spacial score (nSPS) is 30.1. The maximum atomic E-state index is 13.5. The van der Waals surface area contributed by atoms with Crippen molar-refractivity contribution in [2.75, 3.05) is 32.8 Å². The molecule has 2 heterocycles. The van der Waals surface area contributed by atoms with Crippen LogP contribution in [-0.2, 0) is 9.59 Å². The zero-order valence-corrected chi connectivity index (χ0v) is 21.0. The van der Waals surface area contributed by atoms with E-state index in [1.165, 1.54) is 0 Å². The number of carbonyl (C=O) groups is 2. The van der Waals surface area contributed by atoms with Crippen molar-refractivity contribution < 1.29 is 28.6 Å². The van der Waals surface area contributed by atoms with Crippen molar-refractivity contribution in [3.63, 3.8) is 0 Å². The Morgan fingerprint density at radius 3 is 2.39 bits per heavy atom. The van der Waals surface area contributed by atoms with Crippen LogP contribution in [0.25, 0.3) is 0 Å². The average molecular weight is 503 g/mol. The van der Waals surface area contributed by atoms with Crippen molar-refractivity contribution in [2.45, 2.75) is 76.1 Å². The number of hydrogen-bond donors (Lipinski definition) is 2. The number of likely N-dealkylation sites (tertiary alicyclic amines) is 1. The topological polar surface area (TPSA) is 88.1 Å². The number of aliphatic hydroxyl groups is 1. The van der Waals surface area contributed by atoms with Crippen LogP contribution in [0.2, 0.25) is 0 Å². The second kappa shape index (κ2) is 11.5. The van der Waals surface area contributed by atoms with Crippen LogP contribution in [-0.4, -0.2) is 66.8 Å². The van der Waals surface area contributed by atoms with Crippen LogP contribution in [0.4, 0.5) is 4.39 Å². The number of carbonyl (C=O) groups excluding carboxylic acids is 2. The van der Waals surface area contributed by atoms with Gasteiger partial charge in [0.1, 0.15) is 31.3 Å². The van der Waals surface area contributed by atoms with E-state index in [-0.39, 0.29) is 29.4 Å². The molecule has 1 aromatic rings. The Labute approximate surface area is 212 Å². The first kappa shape index (κ1) is 25.5. The maximum Gasteiger partial charge on any atom is 0.223 e. The van der Waals surface area contributed by atoms with Crippen molar-refractivity contribution >= 4 is 11.7 Å². The molecule has 1 saturated heterocycles. The molecule has 0 aromatic heterocycles. The minimum absolute atomic E-state index is 0.0521. The molecule has 198 valence electrons. The molecule has 1 aromatic carbocycles. The second-order valence-corrected chi connectivity index (χ2v) is 11.0. The molecule has 1 unspecified atom stereocenters. The molecule has 8 heteroatoms. The third-order valence-corrected chi connectivity index (χ3v) is 8.53. The fourth-order valence-electron chi connectivity index (χ4n) is 6.39. The van der Waals surface area contributed by atoms with Gasteiger partial charge in [-0.25, -0.2) is 4.39 Å². The van der Waals surface area contributed by atoms with Crippen molar-refractivity contribution in [3.05, 3.63) is 23.8 Å². The zero-order chi connectivity index (χ0) is 25.1. The van der Waals surface area contributed by atoms with Crippen LogP contribution in [0.15, 0.2) is 18.2 Å². The zero-order valence-electron chi connectivity index (χ0n) is 21.0. The molecule has 2 aliphatic heterocycles.